The minimum absolute atomic E-state index is 0.0149. The summed E-state index contributed by atoms with van der Waals surface area (Å²) in [6.45, 7) is 0.716. The van der Waals surface area contributed by atoms with E-state index < -0.39 is 85.7 Å². The first-order valence-corrected chi connectivity index (χ1v) is 13.0. The van der Waals surface area contributed by atoms with E-state index in [2.05, 4.69) is 0 Å². The van der Waals surface area contributed by atoms with Crippen LogP contribution >= 0.6 is 0 Å². The highest BCUT2D eigenvalue weighted by atomic mass is 16.8. The fraction of sp³-hybridized carbons (Fsp3) is 0.519. The van der Waals surface area contributed by atoms with Gasteiger partial charge in [0.1, 0.15) is 71.3 Å². The molecule has 0 saturated carbocycles. The van der Waals surface area contributed by atoms with Gasteiger partial charge in [-0.2, -0.15) is 0 Å². The van der Waals surface area contributed by atoms with Gasteiger partial charge in [0.15, 0.2) is 18.2 Å². The van der Waals surface area contributed by atoms with Crippen molar-refractivity contribution in [2.24, 2.45) is 0 Å². The maximum absolute atomic E-state index is 12.9. The van der Waals surface area contributed by atoms with Crippen LogP contribution in [0.15, 0.2) is 36.4 Å². The number of aromatic hydroxyl groups is 2. The minimum Gasteiger partial charge on any atom is -0.508 e. The first-order valence-electron chi connectivity index (χ1n) is 13.0. The van der Waals surface area contributed by atoms with Crippen molar-refractivity contribution in [2.45, 2.75) is 80.9 Å². The molecule has 0 radical (unpaired) electrons. The summed E-state index contributed by atoms with van der Waals surface area (Å²) in [5, 5.41) is 81.6. The SMILES string of the molecule is C[C@@H]1O[C@@H](OC2C(O)[C@H](O)C(CO)O[C@H]2Oc2cc(O)c3c(c2)OC(c2ccc(O)cc2)CC3=O)C(O)C(O)[C@H]1O. The van der Waals surface area contributed by atoms with Crippen molar-refractivity contribution in [1.82, 2.24) is 0 Å². The second kappa shape index (κ2) is 11.7. The zero-order valence-electron chi connectivity index (χ0n) is 21.8. The number of fused-ring (bicyclic) bond motifs is 1. The Balaban J connectivity index is 1.41. The largest absolute Gasteiger partial charge is 0.508 e. The number of carbonyl (C=O) groups is 1. The number of Topliss-reactive ketones (excluding diaryl/α,β-unsaturated/α-hetero) is 1. The number of rotatable bonds is 6. The lowest BCUT2D eigenvalue weighted by atomic mass is 9.95. The van der Waals surface area contributed by atoms with E-state index in [4.69, 9.17) is 23.7 Å². The topological polar surface area (TPSA) is 225 Å². The van der Waals surface area contributed by atoms with E-state index in [1.54, 1.807) is 12.1 Å². The molecule has 0 aromatic heterocycles. The zero-order chi connectivity index (χ0) is 29.6. The van der Waals surface area contributed by atoms with Gasteiger partial charge < -0.3 is 64.5 Å². The molecule has 11 atom stereocenters. The number of aliphatic hydroxyl groups excluding tert-OH is 6. The molecule has 2 saturated heterocycles. The lowest BCUT2D eigenvalue weighted by Crippen LogP contribution is -2.64. The molecule has 0 aliphatic carbocycles. The maximum atomic E-state index is 12.9. The van der Waals surface area contributed by atoms with Crippen LogP contribution < -0.4 is 9.47 Å². The second-order valence-electron chi connectivity index (χ2n) is 10.2. The highest BCUT2D eigenvalue weighted by Crippen LogP contribution is 2.43. The van der Waals surface area contributed by atoms with E-state index in [1.165, 1.54) is 25.1 Å². The zero-order valence-corrected chi connectivity index (χ0v) is 21.8. The van der Waals surface area contributed by atoms with E-state index >= 15 is 0 Å². The number of carbonyl (C=O) groups excluding carboxylic acids is 1. The summed E-state index contributed by atoms with van der Waals surface area (Å²) in [6.07, 6.45) is -16.0. The van der Waals surface area contributed by atoms with E-state index in [0.29, 0.717) is 5.56 Å². The Bertz CT molecular complexity index is 1240. The van der Waals surface area contributed by atoms with Gasteiger partial charge in [-0.15, -0.1) is 0 Å². The molecule has 14 nitrogen and oxygen atoms in total. The minimum atomic E-state index is -1.75. The van der Waals surface area contributed by atoms with Gasteiger partial charge >= 0.3 is 0 Å². The summed E-state index contributed by atoms with van der Waals surface area (Å²) < 4.78 is 28.6. The number of phenols is 2. The quantitative estimate of drug-likeness (QED) is 0.202. The third kappa shape index (κ3) is 5.70. The molecule has 2 aromatic rings. The summed E-state index contributed by atoms with van der Waals surface area (Å²) in [4.78, 5) is 12.9. The van der Waals surface area contributed by atoms with Crippen molar-refractivity contribution >= 4 is 5.78 Å². The van der Waals surface area contributed by atoms with Gasteiger partial charge in [-0.05, 0) is 24.6 Å². The molecule has 5 rings (SSSR count). The molecule has 3 aliphatic rings. The van der Waals surface area contributed by atoms with E-state index in [1.807, 2.05) is 0 Å². The predicted molar refractivity (Wildman–Crippen MR) is 134 cm³/mol. The van der Waals surface area contributed by atoms with Crippen LogP contribution in [0.3, 0.4) is 0 Å². The van der Waals surface area contributed by atoms with E-state index in [0.717, 1.165) is 6.07 Å². The second-order valence-corrected chi connectivity index (χ2v) is 10.2. The predicted octanol–water partition coefficient (Wildman–Crippen LogP) is -1.17. The molecule has 3 heterocycles. The highest BCUT2D eigenvalue weighted by molar-refractivity contribution is 6.02. The summed E-state index contributed by atoms with van der Waals surface area (Å²) in [7, 11) is 0. The van der Waals surface area contributed by atoms with Crippen LogP contribution in [0.1, 0.15) is 35.4 Å². The van der Waals surface area contributed by atoms with Crippen molar-refractivity contribution in [3.05, 3.63) is 47.5 Å². The fourth-order valence-electron chi connectivity index (χ4n) is 5.07. The number of ketones is 1. The van der Waals surface area contributed by atoms with Gasteiger partial charge in [-0.3, -0.25) is 4.79 Å². The average molecular weight is 581 g/mol. The number of hydrogen-bond donors (Lipinski definition) is 8. The Morgan fingerprint density at radius 1 is 0.878 bits per heavy atom. The van der Waals surface area contributed by atoms with Crippen LogP contribution in [0.5, 0.6) is 23.0 Å². The maximum Gasteiger partial charge on any atom is 0.229 e. The van der Waals surface area contributed by atoms with Crippen LogP contribution in [0.4, 0.5) is 0 Å². The molecular weight excluding hydrogens is 548 g/mol. The first kappa shape index (κ1) is 29.4. The Morgan fingerprint density at radius 3 is 2.27 bits per heavy atom. The van der Waals surface area contributed by atoms with Gasteiger partial charge in [-0.1, -0.05) is 12.1 Å². The summed E-state index contributed by atoms with van der Waals surface area (Å²) in [5.41, 5.74) is 0.529. The fourth-order valence-corrected chi connectivity index (χ4v) is 5.07. The van der Waals surface area contributed by atoms with Crippen LogP contribution in [-0.2, 0) is 14.2 Å². The molecule has 41 heavy (non-hydrogen) atoms. The molecule has 0 bridgehead atoms. The molecular formula is C27H32O14. The number of hydrogen-bond acceptors (Lipinski definition) is 14. The van der Waals surface area contributed by atoms with Crippen LogP contribution in [0.25, 0.3) is 0 Å². The van der Waals surface area contributed by atoms with Gasteiger partial charge in [0.25, 0.3) is 0 Å². The molecule has 3 aliphatic heterocycles. The van der Waals surface area contributed by atoms with Crippen LogP contribution in [0, 0.1) is 0 Å². The molecule has 2 fully saturated rings. The summed E-state index contributed by atoms with van der Waals surface area (Å²) in [6, 6.07) is 8.50. The Labute approximate surface area is 233 Å². The van der Waals surface area contributed by atoms with Crippen LogP contribution in [-0.4, -0.2) is 115 Å². The van der Waals surface area contributed by atoms with Gasteiger partial charge in [0.05, 0.1) is 19.1 Å². The van der Waals surface area contributed by atoms with Gasteiger partial charge in [0.2, 0.25) is 6.29 Å². The molecule has 0 amide bonds. The standard InChI is InChI=1S/C27H32O14/c1-10-20(32)22(34)24(36)26(37-10)41-25-23(35)21(33)18(9-28)40-27(25)38-13-6-14(30)19-15(31)8-16(39-17(19)7-13)11-2-4-12(29)5-3-11/h2-7,10,16,18,20-30,32-36H,8-9H2,1H3/t10-,16?,18?,20-,21+,22?,23?,24?,25?,26-,27+/m0/s1. The monoisotopic (exact) mass is 580 g/mol. The summed E-state index contributed by atoms with van der Waals surface area (Å²) >= 11 is 0. The first-order chi connectivity index (χ1) is 19.5. The number of ether oxygens (including phenoxy) is 5. The van der Waals surface area contributed by atoms with Crippen molar-refractivity contribution in [3.8, 4) is 23.0 Å². The normalized spacial score (nSPS) is 37.2. The third-order valence-corrected chi connectivity index (χ3v) is 7.42. The number of phenolic OH excluding ortho intramolecular Hbond substituents is 2. The van der Waals surface area contributed by atoms with Crippen molar-refractivity contribution < 1.29 is 69.3 Å². The van der Waals surface area contributed by atoms with Gasteiger partial charge in [0, 0.05) is 12.1 Å². The molecule has 224 valence electrons. The number of benzene rings is 2. The van der Waals surface area contributed by atoms with Gasteiger partial charge in [-0.25, -0.2) is 0 Å². The summed E-state index contributed by atoms with van der Waals surface area (Å²) in [5.74, 6) is -0.947. The van der Waals surface area contributed by atoms with E-state index in [9.17, 15) is 45.6 Å². The Kier molecular flexibility index (Phi) is 8.39. The molecule has 14 heteroatoms. The highest BCUT2D eigenvalue weighted by Gasteiger charge is 2.51. The Hall–Kier alpha value is -3.05. The van der Waals surface area contributed by atoms with Crippen molar-refractivity contribution in [1.29, 1.82) is 0 Å². The lowest BCUT2D eigenvalue weighted by molar-refractivity contribution is -0.354. The molecule has 0 spiro atoms. The van der Waals surface area contributed by atoms with E-state index in [-0.39, 0.29) is 29.2 Å². The molecule has 8 N–H and O–H groups in total. The Morgan fingerprint density at radius 2 is 1.59 bits per heavy atom. The van der Waals surface area contributed by atoms with Crippen LogP contribution in [0.2, 0.25) is 0 Å². The number of aliphatic hydroxyl groups is 6. The van der Waals surface area contributed by atoms with Crippen molar-refractivity contribution in [2.75, 3.05) is 6.61 Å². The average Bonchev–Trinajstić information content (AvgIpc) is 2.94. The molecule has 6 unspecified atom stereocenters. The smallest absolute Gasteiger partial charge is 0.229 e. The molecule has 2 aromatic carbocycles. The third-order valence-electron chi connectivity index (χ3n) is 7.42. The lowest BCUT2D eigenvalue weighted by Gasteiger charge is -2.45. The van der Waals surface area contributed by atoms with Crippen molar-refractivity contribution in [3.63, 3.8) is 0 Å².